The Hall–Kier alpha value is -4.72. The number of rotatable bonds is 9. The third-order valence-electron chi connectivity index (χ3n) is 6.39. The lowest BCUT2D eigenvalue weighted by Crippen LogP contribution is -2.33. The Morgan fingerprint density at radius 2 is 1.76 bits per heavy atom. The third kappa shape index (κ3) is 5.34. The molecule has 1 atom stereocenters. The average Bonchev–Trinajstić information content (AvgIpc) is 3.61. The van der Waals surface area contributed by atoms with Crippen LogP contribution < -0.4 is 10.2 Å². The van der Waals surface area contributed by atoms with Crippen LogP contribution in [0.2, 0.25) is 0 Å². The molecule has 0 fully saturated rings. The van der Waals surface area contributed by atoms with Gasteiger partial charge in [0.05, 0.1) is 17.1 Å². The molecule has 3 aromatic heterocycles. The van der Waals surface area contributed by atoms with Gasteiger partial charge in [0.25, 0.3) is 5.91 Å². The van der Waals surface area contributed by atoms with Gasteiger partial charge >= 0.3 is 0 Å². The zero-order valence-corrected chi connectivity index (χ0v) is 21.3. The topological polar surface area (TPSA) is 104 Å². The van der Waals surface area contributed by atoms with Gasteiger partial charge in [-0.1, -0.05) is 19.1 Å². The highest BCUT2D eigenvalue weighted by Gasteiger charge is 2.25. The number of fused-ring (bicyclic) bond motifs is 1. The highest BCUT2D eigenvalue weighted by molar-refractivity contribution is 5.94. The number of amides is 2. The predicted molar refractivity (Wildman–Crippen MR) is 146 cm³/mol. The summed E-state index contributed by atoms with van der Waals surface area (Å²) in [7, 11) is 0. The Kier molecular flexibility index (Phi) is 7.31. The van der Waals surface area contributed by atoms with Gasteiger partial charge in [-0.05, 0) is 79.6 Å². The molecule has 0 spiro atoms. The maximum Gasteiger partial charge on any atom is 0.287 e. The molecule has 0 aliphatic carbocycles. The number of pyridine rings is 1. The van der Waals surface area contributed by atoms with Crippen molar-refractivity contribution in [1.82, 2.24) is 20.3 Å². The van der Waals surface area contributed by atoms with Crippen molar-refractivity contribution in [2.45, 2.75) is 39.3 Å². The molecule has 2 amide bonds. The number of nitrogens with zero attached hydrogens (tertiary/aromatic N) is 3. The largest absolute Gasteiger partial charge is 0.451 e. The number of furan rings is 1. The van der Waals surface area contributed by atoms with Crippen LogP contribution in [0, 0.1) is 0 Å². The van der Waals surface area contributed by atoms with Crippen molar-refractivity contribution in [3.05, 3.63) is 102 Å². The van der Waals surface area contributed by atoms with E-state index >= 15 is 0 Å². The number of H-pyrrole nitrogens is 1. The quantitative estimate of drug-likeness (QED) is 0.253. The van der Waals surface area contributed by atoms with Gasteiger partial charge in [-0.2, -0.15) is 0 Å². The van der Waals surface area contributed by atoms with Crippen molar-refractivity contribution in [1.29, 1.82) is 0 Å². The Balaban J connectivity index is 1.34. The van der Waals surface area contributed by atoms with Crippen LogP contribution >= 0.6 is 0 Å². The Morgan fingerprint density at radius 3 is 2.50 bits per heavy atom. The number of aromatic amines is 1. The number of nitrogens with one attached hydrogen (secondary N) is 2. The first kappa shape index (κ1) is 25.0. The highest BCUT2D eigenvalue weighted by Crippen LogP contribution is 2.31. The van der Waals surface area contributed by atoms with Gasteiger partial charge in [0, 0.05) is 36.6 Å². The molecule has 8 nitrogen and oxygen atoms in total. The predicted octanol–water partition coefficient (Wildman–Crippen LogP) is 6.04. The molecule has 2 aromatic carbocycles. The van der Waals surface area contributed by atoms with Gasteiger partial charge in [0.1, 0.15) is 11.6 Å². The lowest BCUT2D eigenvalue weighted by Gasteiger charge is -2.28. The summed E-state index contributed by atoms with van der Waals surface area (Å²) in [6.07, 6.45) is 4.55. The van der Waals surface area contributed by atoms with E-state index in [9.17, 15) is 9.59 Å². The number of anilines is 1. The molecular weight excluding hydrogens is 478 g/mol. The van der Waals surface area contributed by atoms with Crippen molar-refractivity contribution in [2.75, 3.05) is 4.90 Å². The Labute approximate surface area is 220 Å². The van der Waals surface area contributed by atoms with Crippen LogP contribution in [0.4, 0.5) is 5.69 Å². The summed E-state index contributed by atoms with van der Waals surface area (Å²) in [6, 6.07) is 22.2. The van der Waals surface area contributed by atoms with Gasteiger partial charge in [-0.3, -0.25) is 14.6 Å². The lowest BCUT2D eigenvalue weighted by molar-refractivity contribution is -0.119. The molecule has 1 unspecified atom stereocenters. The van der Waals surface area contributed by atoms with Gasteiger partial charge < -0.3 is 19.6 Å². The second-order valence-electron chi connectivity index (χ2n) is 9.08. The van der Waals surface area contributed by atoms with Crippen molar-refractivity contribution >= 4 is 28.5 Å². The number of para-hydroxylation sites is 2. The van der Waals surface area contributed by atoms with Crippen molar-refractivity contribution in [3.63, 3.8) is 0 Å². The molecule has 38 heavy (non-hydrogen) atoms. The van der Waals surface area contributed by atoms with Gasteiger partial charge in [-0.25, -0.2) is 4.98 Å². The van der Waals surface area contributed by atoms with Crippen molar-refractivity contribution in [3.8, 4) is 11.3 Å². The molecule has 8 heteroatoms. The zero-order chi connectivity index (χ0) is 26.5. The first-order valence-electron chi connectivity index (χ1n) is 12.7. The summed E-state index contributed by atoms with van der Waals surface area (Å²) in [5.41, 5.74) is 4.33. The second kappa shape index (κ2) is 11.1. The normalized spacial score (nSPS) is 11.8. The number of benzene rings is 2. The molecule has 0 radical (unpaired) electrons. The molecular formula is C30H29N5O3. The van der Waals surface area contributed by atoms with Gasteiger partial charge in [0.2, 0.25) is 5.91 Å². The van der Waals surface area contributed by atoms with Crippen LogP contribution in [-0.4, -0.2) is 26.8 Å². The van der Waals surface area contributed by atoms with E-state index in [0.717, 1.165) is 40.1 Å². The fraction of sp³-hybridized carbons (Fsp3) is 0.200. The van der Waals surface area contributed by atoms with Crippen LogP contribution in [-0.2, 0) is 11.3 Å². The maximum absolute atomic E-state index is 13.2. The molecule has 5 aromatic rings. The number of carbonyl (C=O) groups excluding carboxylic acids is 2. The van der Waals surface area contributed by atoms with E-state index in [0.29, 0.717) is 18.7 Å². The molecule has 192 valence electrons. The van der Waals surface area contributed by atoms with Crippen LogP contribution in [0.25, 0.3) is 22.4 Å². The first-order chi connectivity index (χ1) is 18.5. The molecule has 3 heterocycles. The smallest absolute Gasteiger partial charge is 0.287 e. The zero-order valence-electron chi connectivity index (χ0n) is 21.3. The molecule has 0 saturated heterocycles. The first-order valence-corrected chi connectivity index (χ1v) is 12.7. The monoisotopic (exact) mass is 507 g/mol. The van der Waals surface area contributed by atoms with E-state index in [1.807, 2.05) is 74.5 Å². The summed E-state index contributed by atoms with van der Waals surface area (Å²) in [5, 5.41) is 2.85. The van der Waals surface area contributed by atoms with E-state index in [1.54, 1.807) is 29.4 Å². The van der Waals surface area contributed by atoms with E-state index in [-0.39, 0.29) is 23.6 Å². The van der Waals surface area contributed by atoms with Crippen LogP contribution in [0.3, 0.4) is 0 Å². The molecule has 0 aliphatic rings. The lowest BCUT2D eigenvalue weighted by atomic mass is 10.1. The van der Waals surface area contributed by atoms with E-state index in [4.69, 9.17) is 9.40 Å². The number of aromatic nitrogens is 3. The molecule has 5 rings (SSSR count). The maximum atomic E-state index is 13.2. The highest BCUT2D eigenvalue weighted by atomic mass is 16.3. The van der Waals surface area contributed by atoms with Gasteiger partial charge in [0.15, 0.2) is 5.76 Å². The third-order valence-corrected chi connectivity index (χ3v) is 6.39. The summed E-state index contributed by atoms with van der Waals surface area (Å²) < 4.78 is 5.84. The standard InChI is InChI=1S/C30H29N5O3/c1-3-6-28(36)35(20(2)29-33-24-7-4-5-8-25(24)34-29)23-11-9-22(10-12-23)26-13-14-27(38-26)30(37)32-19-21-15-17-31-18-16-21/h4-5,7-18,20H,3,6,19H2,1-2H3,(H,32,37)(H,33,34). The second-order valence-corrected chi connectivity index (χ2v) is 9.08. The summed E-state index contributed by atoms with van der Waals surface area (Å²) >= 11 is 0. The van der Waals surface area contributed by atoms with Crippen LogP contribution in [0.15, 0.2) is 89.6 Å². The fourth-order valence-corrected chi connectivity index (χ4v) is 4.38. The minimum atomic E-state index is -0.291. The molecule has 2 N–H and O–H groups in total. The average molecular weight is 508 g/mol. The van der Waals surface area contributed by atoms with Crippen molar-refractivity contribution in [2.24, 2.45) is 0 Å². The van der Waals surface area contributed by atoms with E-state index in [2.05, 4.69) is 15.3 Å². The molecule has 0 bridgehead atoms. The summed E-state index contributed by atoms with van der Waals surface area (Å²) in [5.74, 6) is 1.27. The van der Waals surface area contributed by atoms with Crippen molar-refractivity contribution < 1.29 is 14.0 Å². The fourth-order valence-electron chi connectivity index (χ4n) is 4.38. The van der Waals surface area contributed by atoms with Crippen LogP contribution in [0.5, 0.6) is 0 Å². The minimum absolute atomic E-state index is 0.0272. The number of imidazole rings is 1. The number of hydrogen-bond donors (Lipinski definition) is 2. The molecule has 0 aliphatic heterocycles. The number of hydrogen-bond acceptors (Lipinski definition) is 5. The SMILES string of the molecule is CCCC(=O)N(c1ccc(-c2ccc(C(=O)NCc3ccncc3)o2)cc1)C(C)c1nc2ccccc2[nH]1. The van der Waals surface area contributed by atoms with E-state index < -0.39 is 0 Å². The minimum Gasteiger partial charge on any atom is -0.451 e. The molecule has 0 saturated carbocycles. The number of carbonyl (C=O) groups is 2. The van der Waals surface area contributed by atoms with Crippen LogP contribution in [0.1, 0.15) is 54.7 Å². The Morgan fingerprint density at radius 1 is 1.00 bits per heavy atom. The van der Waals surface area contributed by atoms with Gasteiger partial charge in [-0.15, -0.1) is 0 Å². The van der Waals surface area contributed by atoms with E-state index in [1.165, 1.54) is 0 Å². The summed E-state index contributed by atoms with van der Waals surface area (Å²) in [4.78, 5) is 39.6. The summed E-state index contributed by atoms with van der Waals surface area (Å²) in [6.45, 7) is 4.35. The Bertz CT molecular complexity index is 1510.